The van der Waals surface area contributed by atoms with E-state index in [1.54, 1.807) is 0 Å². The molecular formula is C17H25BrN2O. The van der Waals surface area contributed by atoms with E-state index < -0.39 is 0 Å². The maximum atomic E-state index is 12.5. The van der Waals surface area contributed by atoms with Gasteiger partial charge in [-0.2, -0.15) is 0 Å². The van der Waals surface area contributed by atoms with Gasteiger partial charge in [-0.15, -0.1) is 0 Å². The van der Waals surface area contributed by atoms with Crippen LogP contribution in [-0.4, -0.2) is 29.4 Å². The van der Waals surface area contributed by atoms with E-state index in [-0.39, 0.29) is 18.0 Å². The Balaban J connectivity index is 1.95. The minimum atomic E-state index is 0.0594. The molecule has 116 valence electrons. The van der Waals surface area contributed by atoms with Gasteiger partial charge in [0.2, 0.25) is 5.91 Å². The van der Waals surface area contributed by atoms with Gasteiger partial charge in [0.05, 0.1) is 0 Å². The smallest absolute Gasteiger partial charge is 0.223 e. The fourth-order valence-electron chi connectivity index (χ4n) is 3.07. The molecule has 2 N–H and O–H groups in total. The number of amides is 1. The molecule has 1 aliphatic heterocycles. The molecule has 0 radical (unpaired) electrons. The van der Waals surface area contributed by atoms with E-state index in [1.807, 2.05) is 11.8 Å². The molecule has 0 saturated carbocycles. The van der Waals surface area contributed by atoms with Gasteiger partial charge in [-0.25, -0.2) is 0 Å². The summed E-state index contributed by atoms with van der Waals surface area (Å²) >= 11 is 3.51. The number of likely N-dealkylation sites (tertiary alicyclic amines) is 1. The van der Waals surface area contributed by atoms with E-state index in [0.717, 1.165) is 30.3 Å². The maximum Gasteiger partial charge on any atom is 0.223 e. The first-order chi connectivity index (χ1) is 9.99. The van der Waals surface area contributed by atoms with E-state index in [0.29, 0.717) is 6.42 Å². The van der Waals surface area contributed by atoms with Crippen LogP contribution in [0, 0.1) is 6.92 Å². The van der Waals surface area contributed by atoms with Crippen molar-refractivity contribution in [1.29, 1.82) is 0 Å². The second-order valence-electron chi connectivity index (χ2n) is 6.09. The highest BCUT2D eigenvalue weighted by Gasteiger charge is 2.28. The molecule has 2 rings (SSSR count). The first-order valence-corrected chi connectivity index (χ1v) is 8.58. The molecule has 1 aromatic carbocycles. The minimum Gasteiger partial charge on any atom is -0.338 e. The topological polar surface area (TPSA) is 46.3 Å². The Bertz CT molecular complexity index is 502. The van der Waals surface area contributed by atoms with Crippen LogP contribution >= 0.6 is 15.9 Å². The lowest BCUT2D eigenvalue weighted by atomic mass is 9.96. The van der Waals surface area contributed by atoms with Crippen LogP contribution in [0.4, 0.5) is 0 Å². The van der Waals surface area contributed by atoms with Crippen molar-refractivity contribution in [2.24, 2.45) is 5.73 Å². The summed E-state index contributed by atoms with van der Waals surface area (Å²) in [6, 6.07) is 6.57. The van der Waals surface area contributed by atoms with Crippen LogP contribution in [0.2, 0.25) is 0 Å². The molecule has 0 spiro atoms. The van der Waals surface area contributed by atoms with E-state index in [2.05, 4.69) is 41.1 Å². The molecule has 2 unspecified atom stereocenters. The SMILES string of the molecule is Cc1cc(CCC(=O)N2CCCCC2C(C)N)ccc1Br. The number of aryl methyl sites for hydroxylation is 2. The number of piperidine rings is 1. The molecule has 21 heavy (non-hydrogen) atoms. The lowest BCUT2D eigenvalue weighted by Gasteiger charge is -2.38. The molecule has 0 bridgehead atoms. The zero-order valence-electron chi connectivity index (χ0n) is 12.9. The normalized spacial score (nSPS) is 20.4. The number of hydrogen-bond acceptors (Lipinski definition) is 2. The molecule has 0 aromatic heterocycles. The molecule has 1 aliphatic rings. The van der Waals surface area contributed by atoms with E-state index in [9.17, 15) is 4.79 Å². The highest BCUT2D eigenvalue weighted by molar-refractivity contribution is 9.10. The fraction of sp³-hybridized carbons (Fsp3) is 0.588. The summed E-state index contributed by atoms with van der Waals surface area (Å²) in [5.74, 6) is 0.248. The van der Waals surface area contributed by atoms with Crippen LogP contribution in [-0.2, 0) is 11.2 Å². The van der Waals surface area contributed by atoms with Gasteiger partial charge in [-0.1, -0.05) is 28.1 Å². The highest BCUT2D eigenvalue weighted by Crippen LogP contribution is 2.21. The quantitative estimate of drug-likeness (QED) is 0.902. The number of rotatable bonds is 4. The number of nitrogens with two attached hydrogens (primary N) is 1. The maximum absolute atomic E-state index is 12.5. The van der Waals surface area contributed by atoms with Crippen LogP contribution in [0.3, 0.4) is 0 Å². The summed E-state index contributed by atoms with van der Waals surface area (Å²) in [5, 5.41) is 0. The van der Waals surface area contributed by atoms with Crippen molar-refractivity contribution < 1.29 is 4.79 Å². The van der Waals surface area contributed by atoms with Crippen molar-refractivity contribution in [3.05, 3.63) is 33.8 Å². The number of halogens is 1. The van der Waals surface area contributed by atoms with Crippen molar-refractivity contribution in [2.45, 2.75) is 58.0 Å². The third-order valence-electron chi connectivity index (χ3n) is 4.33. The van der Waals surface area contributed by atoms with Gasteiger partial charge in [0.25, 0.3) is 0 Å². The van der Waals surface area contributed by atoms with Gasteiger partial charge in [-0.3, -0.25) is 4.79 Å². The Labute approximate surface area is 136 Å². The van der Waals surface area contributed by atoms with Gasteiger partial charge in [0.1, 0.15) is 0 Å². The molecule has 1 aromatic rings. The van der Waals surface area contributed by atoms with Crippen molar-refractivity contribution in [3.8, 4) is 0 Å². The predicted octanol–water partition coefficient (Wildman–Crippen LogP) is 3.42. The van der Waals surface area contributed by atoms with Crippen LogP contribution in [0.15, 0.2) is 22.7 Å². The molecule has 0 aliphatic carbocycles. The first-order valence-electron chi connectivity index (χ1n) is 7.79. The van der Waals surface area contributed by atoms with Gasteiger partial charge in [0.15, 0.2) is 0 Å². The fourth-order valence-corrected chi connectivity index (χ4v) is 3.32. The molecule has 1 saturated heterocycles. The number of carbonyl (C=O) groups is 1. The Kier molecular flexibility index (Phi) is 5.82. The Morgan fingerprint density at radius 2 is 2.24 bits per heavy atom. The zero-order chi connectivity index (χ0) is 15.4. The molecule has 2 atom stereocenters. The number of carbonyl (C=O) groups excluding carboxylic acids is 1. The number of nitrogens with zero attached hydrogens (tertiary/aromatic N) is 1. The Hall–Kier alpha value is -0.870. The van der Waals surface area contributed by atoms with E-state index in [4.69, 9.17) is 5.73 Å². The third-order valence-corrected chi connectivity index (χ3v) is 5.22. The summed E-state index contributed by atoms with van der Waals surface area (Å²) in [5.41, 5.74) is 8.47. The van der Waals surface area contributed by atoms with Crippen molar-refractivity contribution in [1.82, 2.24) is 4.90 Å². The first kappa shape index (κ1) is 16.5. The molecule has 1 heterocycles. The molecule has 4 heteroatoms. The molecule has 1 amide bonds. The Morgan fingerprint density at radius 3 is 2.90 bits per heavy atom. The summed E-state index contributed by atoms with van der Waals surface area (Å²) in [4.78, 5) is 14.5. The minimum absolute atomic E-state index is 0.0594. The summed E-state index contributed by atoms with van der Waals surface area (Å²) < 4.78 is 1.12. The van der Waals surface area contributed by atoms with Gasteiger partial charge in [-0.05, 0) is 56.7 Å². The molecular weight excluding hydrogens is 328 g/mol. The summed E-state index contributed by atoms with van der Waals surface area (Å²) in [6.07, 6.45) is 4.70. The van der Waals surface area contributed by atoms with Crippen molar-refractivity contribution in [3.63, 3.8) is 0 Å². The van der Waals surface area contributed by atoms with Crippen LogP contribution in [0.5, 0.6) is 0 Å². The zero-order valence-corrected chi connectivity index (χ0v) is 14.5. The van der Waals surface area contributed by atoms with E-state index in [1.165, 1.54) is 17.5 Å². The average Bonchev–Trinajstić information content (AvgIpc) is 2.48. The lowest BCUT2D eigenvalue weighted by Crippen LogP contribution is -2.51. The second-order valence-corrected chi connectivity index (χ2v) is 6.95. The van der Waals surface area contributed by atoms with Gasteiger partial charge >= 0.3 is 0 Å². The molecule has 3 nitrogen and oxygen atoms in total. The third kappa shape index (κ3) is 4.30. The number of benzene rings is 1. The van der Waals surface area contributed by atoms with Gasteiger partial charge < -0.3 is 10.6 Å². The van der Waals surface area contributed by atoms with Crippen LogP contribution < -0.4 is 5.73 Å². The van der Waals surface area contributed by atoms with Crippen LogP contribution in [0.25, 0.3) is 0 Å². The Morgan fingerprint density at radius 1 is 1.48 bits per heavy atom. The summed E-state index contributed by atoms with van der Waals surface area (Å²) in [6.45, 7) is 4.95. The summed E-state index contributed by atoms with van der Waals surface area (Å²) in [7, 11) is 0. The number of hydrogen-bond donors (Lipinski definition) is 1. The lowest BCUT2D eigenvalue weighted by molar-refractivity contribution is -0.135. The highest BCUT2D eigenvalue weighted by atomic mass is 79.9. The second kappa shape index (κ2) is 7.41. The monoisotopic (exact) mass is 352 g/mol. The van der Waals surface area contributed by atoms with E-state index >= 15 is 0 Å². The van der Waals surface area contributed by atoms with Gasteiger partial charge in [0, 0.05) is 29.5 Å². The largest absolute Gasteiger partial charge is 0.338 e. The molecule has 1 fully saturated rings. The van der Waals surface area contributed by atoms with Crippen molar-refractivity contribution in [2.75, 3.05) is 6.54 Å². The predicted molar refractivity (Wildman–Crippen MR) is 90.2 cm³/mol. The van der Waals surface area contributed by atoms with Crippen molar-refractivity contribution >= 4 is 21.8 Å². The van der Waals surface area contributed by atoms with Crippen LogP contribution in [0.1, 0.15) is 43.7 Å². The standard InChI is InChI=1S/C17H25BrN2O/c1-12-11-14(6-8-15(12)18)7-9-17(21)20-10-4-3-5-16(20)13(2)19/h6,8,11,13,16H,3-5,7,9-10,19H2,1-2H3. The average molecular weight is 353 g/mol.